The molecule has 0 aliphatic heterocycles. The van der Waals surface area contributed by atoms with Gasteiger partial charge in [0.1, 0.15) is 24.8 Å². The lowest BCUT2D eigenvalue weighted by atomic mass is 10.2. The Morgan fingerprint density at radius 2 is 1.86 bits per heavy atom. The second-order valence-corrected chi connectivity index (χ2v) is 4.89. The van der Waals surface area contributed by atoms with Crippen LogP contribution in [0.4, 0.5) is 8.78 Å². The maximum atomic E-state index is 13.5. The quantitative estimate of drug-likeness (QED) is 0.761. The Morgan fingerprint density at radius 1 is 1.10 bits per heavy atom. The van der Waals surface area contributed by atoms with Gasteiger partial charge in [0.25, 0.3) is 0 Å². The average molecular weight is 354 g/mol. The van der Waals surface area contributed by atoms with Crippen molar-refractivity contribution in [1.29, 1.82) is 5.26 Å². The Bertz CT molecular complexity index is 663. The summed E-state index contributed by atoms with van der Waals surface area (Å²) in [6, 6.07) is 10.5. The van der Waals surface area contributed by atoms with Crippen molar-refractivity contribution in [2.24, 2.45) is 0 Å². The third-order valence-corrected chi connectivity index (χ3v) is 3.11. The molecule has 2 aromatic carbocycles. The first-order valence-electron chi connectivity index (χ1n) is 6.00. The summed E-state index contributed by atoms with van der Waals surface area (Å²) < 4.78 is 37.2. The van der Waals surface area contributed by atoms with Gasteiger partial charge in [-0.2, -0.15) is 5.26 Å². The van der Waals surface area contributed by atoms with Gasteiger partial charge in [-0.05, 0) is 40.2 Å². The lowest BCUT2D eigenvalue weighted by Gasteiger charge is -2.10. The van der Waals surface area contributed by atoms with Crippen molar-refractivity contribution in [3.8, 4) is 17.6 Å². The number of hydrogen-bond acceptors (Lipinski definition) is 3. The zero-order chi connectivity index (χ0) is 15.2. The van der Waals surface area contributed by atoms with Crippen LogP contribution < -0.4 is 9.47 Å². The van der Waals surface area contributed by atoms with E-state index in [1.165, 1.54) is 0 Å². The third kappa shape index (κ3) is 4.17. The van der Waals surface area contributed by atoms with Crippen molar-refractivity contribution < 1.29 is 18.3 Å². The Labute approximate surface area is 128 Å². The number of rotatable bonds is 5. The van der Waals surface area contributed by atoms with Gasteiger partial charge < -0.3 is 9.47 Å². The lowest BCUT2D eigenvalue weighted by Crippen LogP contribution is -2.10. The predicted molar refractivity (Wildman–Crippen MR) is 76.2 cm³/mol. The van der Waals surface area contributed by atoms with Crippen molar-refractivity contribution in [3.05, 3.63) is 58.1 Å². The van der Waals surface area contributed by atoms with Crippen LogP contribution in [0.3, 0.4) is 0 Å². The molecule has 0 bridgehead atoms. The van der Waals surface area contributed by atoms with Crippen LogP contribution >= 0.6 is 15.9 Å². The lowest BCUT2D eigenvalue weighted by molar-refractivity contribution is 0.210. The van der Waals surface area contributed by atoms with Crippen LogP contribution in [0.2, 0.25) is 0 Å². The molecule has 0 amide bonds. The molecule has 0 heterocycles. The second kappa shape index (κ2) is 7.04. The summed E-state index contributed by atoms with van der Waals surface area (Å²) in [7, 11) is 0. The molecule has 0 fully saturated rings. The minimum atomic E-state index is -0.784. The normalized spacial score (nSPS) is 10.0. The van der Waals surface area contributed by atoms with E-state index < -0.39 is 11.6 Å². The maximum Gasteiger partial charge on any atom is 0.169 e. The van der Waals surface area contributed by atoms with E-state index in [2.05, 4.69) is 15.9 Å². The van der Waals surface area contributed by atoms with Crippen molar-refractivity contribution in [2.45, 2.75) is 0 Å². The molecule has 3 nitrogen and oxygen atoms in total. The molecule has 0 aliphatic rings. The second-order valence-electron chi connectivity index (χ2n) is 4.04. The largest absolute Gasteiger partial charge is 0.490 e. The number of nitrogens with zero attached hydrogens (tertiary/aromatic N) is 1. The highest BCUT2D eigenvalue weighted by Gasteiger charge is 2.10. The van der Waals surface area contributed by atoms with E-state index in [0.29, 0.717) is 11.3 Å². The van der Waals surface area contributed by atoms with Gasteiger partial charge in [-0.25, -0.2) is 8.78 Å². The van der Waals surface area contributed by atoms with Crippen LogP contribution in [0, 0.1) is 23.0 Å². The summed E-state index contributed by atoms with van der Waals surface area (Å²) in [5.41, 5.74) is 0.487. The van der Waals surface area contributed by atoms with Crippen molar-refractivity contribution in [3.63, 3.8) is 0 Å². The van der Waals surface area contributed by atoms with Crippen LogP contribution in [-0.4, -0.2) is 13.2 Å². The van der Waals surface area contributed by atoms with E-state index in [4.69, 9.17) is 14.7 Å². The minimum Gasteiger partial charge on any atom is -0.490 e. The summed E-state index contributed by atoms with van der Waals surface area (Å²) in [6.45, 7) is 0.246. The Hall–Kier alpha value is -2.13. The molecule has 2 rings (SSSR count). The standard InChI is InChI=1S/C15H10BrF2NO2/c16-13-7-11(17)8-14(18)15(13)21-5-4-20-12-3-1-2-10(6-12)9-19/h1-3,6-8H,4-5H2. The number of halogens is 3. The highest BCUT2D eigenvalue weighted by Crippen LogP contribution is 2.29. The van der Waals surface area contributed by atoms with Crippen molar-refractivity contribution in [1.82, 2.24) is 0 Å². The van der Waals surface area contributed by atoms with E-state index >= 15 is 0 Å². The van der Waals surface area contributed by atoms with E-state index in [0.717, 1.165) is 12.1 Å². The van der Waals surface area contributed by atoms with Gasteiger partial charge in [0.05, 0.1) is 16.1 Å². The monoisotopic (exact) mass is 353 g/mol. The first-order chi connectivity index (χ1) is 10.1. The van der Waals surface area contributed by atoms with Gasteiger partial charge in [-0.1, -0.05) is 6.07 Å². The zero-order valence-corrected chi connectivity index (χ0v) is 12.4. The fraction of sp³-hybridized carbons (Fsp3) is 0.133. The van der Waals surface area contributed by atoms with Crippen LogP contribution in [0.1, 0.15) is 5.56 Å². The van der Waals surface area contributed by atoms with Crippen LogP contribution in [0.15, 0.2) is 40.9 Å². The van der Waals surface area contributed by atoms with Gasteiger partial charge >= 0.3 is 0 Å². The molecule has 0 N–H and O–H groups in total. The van der Waals surface area contributed by atoms with Crippen LogP contribution in [0.25, 0.3) is 0 Å². The summed E-state index contributed by atoms with van der Waals surface area (Å²) in [5.74, 6) is -1.01. The topological polar surface area (TPSA) is 42.2 Å². The first-order valence-corrected chi connectivity index (χ1v) is 6.80. The van der Waals surface area contributed by atoms with Crippen molar-refractivity contribution in [2.75, 3.05) is 13.2 Å². The molecule has 0 aromatic heterocycles. The Kier molecular flexibility index (Phi) is 5.12. The molecule has 108 valence electrons. The molecular weight excluding hydrogens is 344 g/mol. The number of ether oxygens (including phenoxy) is 2. The molecule has 0 saturated carbocycles. The SMILES string of the molecule is N#Cc1cccc(OCCOc2c(F)cc(F)cc2Br)c1. The molecule has 0 unspecified atom stereocenters. The van der Waals surface area contributed by atoms with Crippen LogP contribution in [0.5, 0.6) is 11.5 Å². The molecule has 2 aromatic rings. The molecule has 0 spiro atoms. The van der Waals surface area contributed by atoms with E-state index in [-0.39, 0.29) is 23.4 Å². The maximum absolute atomic E-state index is 13.5. The molecule has 0 atom stereocenters. The van der Waals surface area contributed by atoms with Gasteiger partial charge in [-0.3, -0.25) is 0 Å². The summed E-state index contributed by atoms with van der Waals surface area (Å²) in [5, 5.41) is 8.76. The Balaban J connectivity index is 1.89. The zero-order valence-electron chi connectivity index (χ0n) is 10.8. The summed E-state index contributed by atoms with van der Waals surface area (Å²) >= 11 is 3.03. The highest BCUT2D eigenvalue weighted by atomic mass is 79.9. The van der Waals surface area contributed by atoms with Gasteiger partial charge in [0.2, 0.25) is 0 Å². The first kappa shape index (κ1) is 15.3. The highest BCUT2D eigenvalue weighted by molar-refractivity contribution is 9.10. The molecule has 21 heavy (non-hydrogen) atoms. The average Bonchev–Trinajstić information content (AvgIpc) is 2.45. The van der Waals surface area contributed by atoms with Gasteiger partial charge in [-0.15, -0.1) is 0 Å². The van der Waals surface area contributed by atoms with Gasteiger partial charge in [0.15, 0.2) is 11.6 Å². The molecule has 0 saturated heterocycles. The number of benzene rings is 2. The third-order valence-electron chi connectivity index (χ3n) is 2.52. The number of hydrogen-bond donors (Lipinski definition) is 0. The van der Waals surface area contributed by atoms with E-state index in [9.17, 15) is 8.78 Å². The van der Waals surface area contributed by atoms with Crippen LogP contribution in [-0.2, 0) is 0 Å². The molecule has 6 heteroatoms. The predicted octanol–water partition coefficient (Wildman–Crippen LogP) is 4.06. The smallest absolute Gasteiger partial charge is 0.169 e. The summed E-state index contributed by atoms with van der Waals surface area (Å²) in [4.78, 5) is 0. The molecular formula is C15H10BrF2NO2. The molecule has 0 radical (unpaired) electrons. The van der Waals surface area contributed by atoms with E-state index in [1.54, 1.807) is 24.3 Å². The number of nitriles is 1. The molecule has 0 aliphatic carbocycles. The van der Waals surface area contributed by atoms with E-state index in [1.807, 2.05) is 6.07 Å². The fourth-order valence-corrected chi connectivity index (χ4v) is 2.15. The Morgan fingerprint density at radius 3 is 2.57 bits per heavy atom. The fourth-order valence-electron chi connectivity index (χ4n) is 1.63. The van der Waals surface area contributed by atoms with Crippen molar-refractivity contribution >= 4 is 15.9 Å². The van der Waals surface area contributed by atoms with Gasteiger partial charge in [0, 0.05) is 6.07 Å². The summed E-state index contributed by atoms with van der Waals surface area (Å²) in [6.07, 6.45) is 0. The minimum absolute atomic E-state index is 0.0641.